The minimum absolute atomic E-state index is 0.162. The van der Waals surface area contributed by atoms with Crippen molar-refractivity contribution in [1.82, 2.24) is 5.32 Å². The van der Waals surface area contributed by atoms with E-state index in [0.29, 0.717) is 12.9 Å². The molecule has 0 aromatic heterocycles. The number of carbonyl (C=O) groups excluding carboxylic acids is 2. The zero-order valence-electron chi connectivity index (χ0n) is 6.79. The Kier molecular flexibility index (Phi) is 5.37. The molecule has 11 heavy (non-hydrogen) atoms. The molecule has 4 nitrogen and oxygen atoms in total. The van der Waals surface area contributed by atoms with Crippen LogP contribution >= 0.6 is 0 Å². The highest BCUT2D eigenvalue weighted by Gasteiger charge is 2.15. The van der Waals surface area contributed by atoms with Crippen LogP contribution in [-0.2, 0) is 14.3 Å². The lowest BCUT2D eigenvalue weighted by Gasteiger charge is -2.10. The zero-order chi connectivity index (χ0) is 8.69. The van der Waals surface area contributed by atoms with Crippen molar-refractivity contribution in [2.45, 2.75) is 19.4 Å². The third-order valence-corrected chi connectivity index (χ3v) is 1.25. The van der Waals surface area contributed by atoms with Crippen molar-refractivity contribution in [3.8, 4) is 0 Å². The molecule has 0 saturated carbocycles. The van der Waals surface area contributed by atoms with E-state index in [1.54, 1.807) is 14.0 Å². The molecule has 0 amide bonds. The summed E-state index contributed by atoms with van der Waals surface area (Å²) in [5.74, 6) is -0.373. The number of esters is 1. The molecule has 0 aromatic rings. The smallest absolute Gasteiger partial charge is 0.323 e. The van der Waals surface area contributed by atoms with Crippen molar-refractivity contribution in [2.75, 3.05) is 13.7 Å². The maximum absolute atomic E-state index is 10.9. The summed E-state index contributed by atoms with van der Waals surface area (Å²) >= 11 is 0. The van der Waals surface area contributed by atoms with Gasteiger partial charge in [-0.3, -0.25) is 4.79 Å². The van der Waals surface area contributed by atoms with Crippen molar-refractivity contribution < 1.29 is 14.3 Å². The molecule has 64 valence electrons. The van der Waals surface area contributed by atoms with E-state index < -0.39 is 6.04 Å². The first kappa shape index (κ1) is 10.1. The predicted molar refractivity (Wildman–Crippen MR) is 40.2 cm³/mol. The Morgan fingerprint density at radius 1 is 1.73 bits per heavy atom. The summed E-state index contributed by atoms with van der Waals surface area (Å²) in [4.78, 5) is 21.0. The van der Waals surface area contributed by atoms with Gasteiger partial charge in [-0.15, -0.1) is 0 Å². The molecule has 0 aliphatic carbocycles. The van der Waals surface area contributed by atoms with Gasteiger partial charge in [0.1, 0.15) is 12.3 Å². The molecular formula is C7H13NO3. The Morgan fingerprint density at radius 3 is 2.73 bits per heavy atom. The third-order valence-electron chi connectivity index (χ3n) is 1.25. The Balaban J connectivity index is 3.80. The Hall–Kier alpha value is -0.900. The van der Waals surface area contributed by atoms with E-state index in [9.17, 15) is 9.59 Å². The molecule has 1 N–H and O–H groups in total. The largest absolute Gasteiger partial charge is 0.465 e. The van der Waals surface area contributed by atoms with Gasteiger partial charge in [0.05, 0.1) is 6.61 Å². The highest BCUT2D eigenvalue weighted by atomic mass is 16.5. The van der Waals surface area contributed by atoms with Crippen LogP contribution in [0.2, 0.25) is 0 Å². The molecule has 4 heteroatoms. The van der Waals surface area contributed by atoms with E-state index in [0.717, 1.165) is 0 Å². The van der Waals surface area contributed by atoms with Gasteiger partial charge in [-0.1, -0.05) is 0 Å². The molecule has 0 spiro atoms. The van der Waals surface area contributed by atoms with Crippen molar-refractivity contribution in [3.63, 3.8) is 0 Å². The molecule has 0 aromatic carbocycles. The van der Waals surface area contributed by atoms with Crippen LogP contribution in [0.5, 0.6) is 0 Å². The van der Waals surface area contributed by atoms with Crippen LogP contribution in [0.3, 0.4) is 0 Å². The molecule has 0 rings (SSSR count). The fourth-order valence-electron chi connectivity index (χ4n) is 0.671. The Labute approximate surface area is 65.9 Å². The van der Waals surface area contributed by atoms with E-state index in [-0.39, 0.29) is 12.4 Å². The molecule has 0 aliphatic heterocycles. The van der Waals surface area contributed by atoms with Crippen LogP contribution in [0, 0.1) is 0 Å². The summed E-state index contributed by atoms with van der Waals surface area (Å²) in [5, 5.41) is 2.68. The van der Waals surface area contributed by atoms with Gasteiger partial charge >= 0.3 is 5.97 Å². The first-order valence-electron chi connectivity index (χ1n) is 3.53. The highest BCUT2D eigenvalue weighted by Crippen LogP contribution is 1.91. The van der Waals surface area contributed by atoms with Crippen molar-refractivity contribution in [1.29, 1.82) is 0 Å². The lowest BCUT2D eigenvalue weighted by atomic mass is 10.2. The second-order valence-corrected chi connectivity index (χ2v) is 2.00. The average molecular weight is 159 g/mol. The number of rotatable bonds is 5. The van der Waals surface area contributed by atoms with Gasteiger partial charge in [0, 0.05) is 6.42 Å². The molecule has 1 unspecified atom stereocenters. The van der Waals surface area contributed by atoms with Crippen molar-refractivity contribution in [3.05, 3.63) is 0 Å². The molecule has 0 bridgehead atoms. The quantitative estimate of drug-likeness (QED) is 0.443. The molecule has 0 aliphatic rings. The summed E-state index contributed by atoms with van der Waals surface area (Å²) < 4.78 is 4.69. The van der Waals surface area contributed by atoms with Crippen LogP contribution in [0.1, 0.15) is 13.3 Å². The topological polar surface area (TPSA) is 55.4 Å². The van der Waals surface area contributed by atoms with Crippen LogP contribution in [0.4, 0.5) is 0 Å². The Morgan fingerprint density at radius 2 is 2.36 bits per heavy atom. The van der Waals surface area contributed by atoms with Crippen molar-refractivity contribution >= 4 is 12.3 Å². The number of carbonyl (C=O) groups is 2. The van der Waals surface area contributed by atoms with Crippen LogP contribution in [0.25, 0.3) is 0 Å². The van der Waals surface area contributed by atoms with E-state index in [1.807, 2.05) is 0 Å². The molecule has 0 fully saturated rings. The third kappa shape index (κ3) is 3.72. The van der Waals surface area contributed by atoms with E-state index in [1.165, 1.54) is 0 Å². The average Bonchev–Trinajstić information content (AvgIpc) is 2.00. The van der Waals surface area contributed by atoms with Crippen LogP contribution in [0.15, 0.2) is 0 Å². The first-order chi connectivity index (χ1) is 5.26. The van der Waals surface area contributed by atoms with E-state index in [2.05, 4.69) is 10.1 Å². The van der Waals surface area contributed by atoms with E-state index in [4.69, 9.17) is 0 Å². The van der Waals surface area contributed by atoms with Gasteiger partial charge < -0.3 is 14.8 Å². The minimum atomic E-state index is -0.493. The second-order valence-electron chi connectivity index (χ2n) is 2.00. The number of hydrogen-bond donors (Lipinski definition) is 1. The van der Waals surface area contributed by atoms with Crippen molar-refractivity contribution in [2.24, 2.45) is 0 Å². The fraction of sp³-hybridized carbons (Fsp3) is 0.714. The van der Waals surface area contributed by atoms with Gasteiger partial charge in [-0.2, -0.15) is 0 Å². The van der Waals surface area contributed by atoms with Crippen LogP contribution in [-0.4, -0.2) is 32.0 Å². The summed E-state index contributed by atoms with van der Waals surface area (Å²) in [7, 11) is 1.62. The maximum atomic E-state index is 10.9. The highest BCUT2D eigenvalue weighted by molar-refractivity contribution is 5.78. The molecule has 0 radical (unpaired) electrons. The number of likely N-dealkylation sites (N-methyl/N-ethyl adjacent to an activating group) is 1. The summed E-state index contributed by atoms with van der Waals surface area (Å²) in [5.41, 5.74) is 0. The van der Waals surface area contributed by atoms with Gasteiger partial charge in [0.25, 0.3) is 0 Å². The number of ether oxygens (including phenoxy) is 1. The molecule has 0 saturated heterocycles. The summed E-state index contributed by atoms with van der Waals surface area (Å²) in [6.45, 7) is 2.07. The number of aldehydes is 1. The zero-order valence-corrected chi connectivity index (χ0v) is 6.79. The normalized spacial score (nSPS) is 12.2. The lowest BCUT2D eigenvalue weighted by Crippen LogP contribution is -2.35. The fourth-order valence-corrected chi connectivity index (χ4v) is 0.671. The minimum Gasteiger partial charge on any atom is -0.465 e. The number of nitrogens with one attached hydrogen (secondary N) is 1. The maximum Gasteiger partial charge on any atom is 0.323 e. The lowest BCUT2D eigenvalue weighted by molar-refractivity contribution is -0.146. The predicted octanol–water partition coefficient (Wildman–Crippen LogP) is -0.274. The van der Waals surface area contributed by atoms with Gasteiger partial charge in [0.15, 0.2) is 0 Å². The molecule has 1 atom stereocenters. The molecular weight excluding hydrogens is 146 g/mol. The van der Waals surface area contributed by atoms with E-state index >= 15 is 0 Å². The first-order valence-corrected chi connectivity index (χ1v) is 3.53. The summed E-state index contributed by atoms with van der Waals surface area (Å²) in [6.07, 6.45) is 0.855. The second kappa shape index (κ2) is 5.85. The SMILES string of the molecule is CCOC(=O)C(CC=O)NC. The standard InChI is InChI=1S/C7H13NO3/c1-3-11-7(10)6(8-2)4-5-9/h5-6,8H,3-4H2,1-2H3. The van der Waals surface area contributed by atoms with Crippen LogP contribution < -0.4 is 5.32 Å². The van der Waals surface area contributed by atoms with Gasteiger partial charge in [0.2, 0.25) is 0 Å². The monoisotopic (exact) mass is 159 g/mol. The number of hydrogen-bond acceptors (Lipinski definition) is 4. The van der Waals surface area contributed by atoms with Gasteiger partial charge in [-0.05, 0) is 14.0 Å². The molecule has 0 heterocycles. The summed E-state index contributed by atoms with van der Waals surface area (Å²) in [6, 6.07) is -0.493. The Bertz CT molecular complexity index is 136. The van der Waals surface area contributed by atoms with Gasteiger partial charge in [-0.25, -0.2) is 0 Å².